The number of alkyl halides is 3. The smallest absolute Gasteiger partial charge is 0.417 e. The molecule has 0 amide bonds. The molecule has 1 atom stereocenters. The fraction of sp³-hybridized carbons (Fsp3) is 0.538. The number of hydrogen-bond acceptors (Lipinski definition) is 5. The molecule has 0 fully saturated rings. The lowest BCUT2D eigenvalue weighted by Crippen LogP contribution is -2.26. The molecule has 0 bridgehead atoms. The molecular weight excluding hydrogens is 447 g/mol. The minimum absolute atomic E-state index is 0.0371. The average molecular weight is 482 g/mol. The van der Waals surface area contributed by atoms with E-state index in [1.165, 1.54) is 38.5 Å². The SMILES string of the molecule is CCCCCCCCCCCOC(=O)C(C)Oc1ccc(Oc2ccc(C(F)(F)F)cn2)cc1. The van der Waals surface area contributed by atoms with E-state index in [9.17, 15) is 18.0 Å². The number of ether oxygens (including phenoxy) is 3. The van der Waals surface area contributed by atoms with Crippen LogP contribution in [0.4, 0.5) is 13.2 Å². The molecule has 1 unspecified atom stereocenters. The normalized spacial score (nSPS) is 12.3. The number of benzene rings is 1. The Bertz CT molecular complexity index is 839. The van der Waals surface area contributed by atoms with Crippen molar-refractivity contribution in [2.45, 2.75) is 83.9 Å². The summed E-state index contributed by atoms with van der Waals surface area (Å²) in [6, 6.07) is 8.41. The van der Waals surface area contributed by atoms with E-state index in [1.54, 1.807) is 31.2 Å². The van der Waals surface area contributed by atoms with Crippen LogP contribution in [0, 0.1) is 0 Å². The molecule has 0 aliphatic rings. The van der Waals surface area contributed by atoms with Crippen molar-refractivity contribution < 1.29 is 32.2 Å². The van der Waals surface area contributed by atoms with Crippen molar-refractivity contribution in [2.75, 3.05) is 6.61 Å². The molecule has 1 aromatic heterocycles. The van der Waals surface area contributed by atoms with Gasteiger partial charge in [-0.1, -0.05) is 58.3 Å². The lowest BCUT2D eigenvalue weighted by atomic mass is 10.1. The molecule has 34 heavy (non-hydrogen) atoms. The van der Waals surface area contributed by atoms with E-state index in [-0.39, 0.29) is 5.88 Å². The van der Waals surface area contributed by atoms with Crippen LogP contribution in [0.2, 0.25) is 0 Å². The first-order valence-corrected chi connectivity index (χ1v) is 11.9. The zero-order valence-corrected chi connectivity index (χ0v) is 19.9. The lowest BCUT2D eigenvalue weighted by molar-refractivity contribution is -0.151. The van der Waals surface area contributed by atoms with E-state index >= 15 is 0 Å². The van der Waals surface area contributed by atoms with Gasteiger partial charge in [0, 0.05) is 12.3 Å². The summed E-state index contributed by atoms with van der Waals surface area (Å²) in [7, 11) is 0. The molecule has 8 heteroatoms. The highest BCUT2D eigenvalue weighted by Gasteiger charge is 2.30. The summed E-state index contributed by atoms with van der Waals surface area (Å²) < 4.78 is 54.1. The third kappa shape index (κ3) is 10.4. The van der Waals surface area contributed by atoms with Crippen LogP contribution in [0.1, 0.15) is 77.2 Å². The fourth-order valence-electron chi connectivity index (χ4n) is 3.27. The van der Waals surface area contributed by atoms with Gasteiger partial charge in [-0.3, -0.25) is 0 Å². The predicted octanol–water partition coefficient (Wildman–Crippen LogP) is 7.73. The second kappa shape index (κ2) is 14.5. The first-order valence-electron chi connectivity index (χ1n) is 11.9. The Kier molecular flexibility index (Phi) is 11.7. The van der Waals surface area contributed by atoms with Gasteiger partial charge in [0.05, 0.1) is 12.2 Å². The Balaban J connectivity index is 1.65. The van der Waals surface area contributed by atoms with Gasteiger partial charge in [0.25, 0.3) is 0 Å². The van der Waals surface area contributed by atoms with Crippen molar-refractivity contribution in [2.24, 2.45) is 0 Å². The number of nitrogens with zero attached hydrogens (tertiary/aromatic N) is 1. The maximum atomic E-state index is 12.6. The minimum atomic E-state index is -4.45. The minimum Gasteiger partial charge on any atom is -0.479 e. The van der Waals surface area contributed by atoms with Gasteiger partial charge in [-0.2, -0.15) is 13.2 Å². The van der Waals surface area contributed by atoms with Gasteiger partial charge in [0.15, 0.2) is 6.10 Å². The standard InChI is InChI=1S/C26H34F3NO4/c1-3-4-5-6-7-8-9-10-11-18-32-25(31)20(2)33-22-13-15-23(16-14-22)34-24-17-12-21(19-30-24)26(27,28)29/h12-17,19-20H,3-11,18H2,1-2H3. The summed E-state index contributed by atoms with van der Waals surface area (Å²) in [4.78, 5) is 15.8. The fourth-order valence-corrected chi connectivity index (χ4v) is 3.27. The van der Waals surface area contributed by atoms with Crippen molar-refractivity contribution in [3.05, 3.63) is 48.2 Å². The molecule has 1 aromatic carbocycles. The maximum Gasteiger partial charge on any atom is 0.417 e. The van der Waals surface area contributed by atoms with Gasteiger partial charge in [0.1, 0.15) is 11.5 Å². The molecule has 0 aliphatic carbocycles. The third-order valence-electron chi connectivity index (χ3n) is 5.25. The number of pyridine rings is 1. The predicted molar refractivity (Wildman–Crippen MR) is 124 cm³/mol. The van der Waals surface area contributed by atoms with Crippen molar-refractivity contribution in [1.29, 1.82) is 0 Å². The van der Waals surface area contributed by atoms with Crippen LogP contribution in [0.5, 0.6) is 17.4 Å². The van der Waals surface area contributed by atoms with Crippen molar-refractivity contribution in [3.63, 3.8) is 0 Å². The van der Waals surface area contributed by atoms with E-state index in [0.717, 1.165) is 37.6 Å². The van der Waals surface area contributed by atoms with Gasteiger partial charge in [0.2, 0.25) is 5.88 Å². The lowest BCUT2D eigenvalue weighted by Gasteiger charge is -2.14. The zero-order chi connectivity index (χ0) is 24.8. The molecule has 0 aliphatic heterocycles. The summed E-state index contributed by atoms with van der Waals surface area (Å²) in [6.45, 7) is 4.22. The topological polar surface area (TPSA) is 57.7 Å². The Labute approximate surface area is 199 Å². The molecule has 0 radical (unpaired) electrons. The van der Waals surface area contributed by atoms with Crippen molar-refractivity contribution in [1.82, 2.24) is 4.98 Å². The second-order valence-electron chi connectivity index (χ2n) is 8.21. The Hall–Kier alpha value is -2.77. The first kappa shape index (κ1) is 27.5. The summed E-state index contributed by atoms with van der Waals surface area (Å²) in [5.41, 5.74) is -0.845. The summed E-state index contributed by atoms with van der Waals surface area (Å²) in [5.74, 6) is 0.435. The van der Waals surface area contributed by atoms with Crippen LogP contribution in [-0.2, 0) is 15.7 Å². The highest BCUT2D eigenvalue weighted by Crippen LogP contribution is 2.30. The molecule has 5 nitrogen and oxygen atoms in total. The molecule has 188 valence electrons. The van der Waals surface area contributed by atoms with E-state index in [4.69, 9.17) is 14.2 Å². The summed E-state index contributed by atoms with van der Waals surface area (Å²) in [5, 5.41) is 0. The quantitative estimate of drug-likeness (QED) is 0.192. The molecule has 2 rings (SSSR count). The molecular formula is C26H34F3NO4. The van der Waals surface area contributed by atoms with E-state index in [2.05, 4.69) is 11.9 Å². The Morgan fingerprint density at radius 3 is 2.03 bits per heavy atom. The molecule has 1 heterocycles. The molecule has 0 spiro atoms. The van der Waals surface area contributed by atoms with Gasteiger partial charge in [-0.05, 0) is 43.7 Å². The molecule has 2 aromatic rings. The van der Waals surface area contributed by atoms with Crippen LogP contribution in [-0.4, -0.2) is 23.7 Å². The summed E-state index contributed by atoms with van der Waals surface area (Å²) in [6.07, 6.45) is 6.25. The van der Waals surface area contributed by atoms with Crippen molar-refractivity contribution >= 4 is 5.97 Å². The van der Waals surface area contributed by atoms with Gasteiger partial charge in [-0.25, -0.2) is 9.78 Å². The van der Waals surface area contributed by atoms with Crippen LogP contribution in [0.25, 0.3) is 0 Å². The molecule has 0 saturated heterocycles. The number of halogens is 3. The summed E-state index contributed by atoms with van der Waals surface area (Å²) >= 11 is 0. The Morgan fingerprint density at radius 1 is 0.882 bits per heavy atom. The largest absolute Gasteiger partial charge is 0.479 e. The second-order valence-corrected chi connectivity index (χ2v) is 8.21. The van der Waals surface area contributed by atoms with Crippen molar-refractivity contribution in [3.8, 4) is 17.4 Å². The van der Waals surface area contributed by atoms with Crippen LogP contribution in [0.3, 0.4) is 0 Å². The number of hydrogen-bond donors (Lipinski definition) is 0. The number of aromatic nitrogens is 1. The van der Waals surface area contributed by atoms with Crippen LogP contribution < -0.4 is 9.47 Å². The average Bonchev–Trinajstić information content (AvgIpc) is 2.81. The monoisotopic (exact) mass is 481 g/mol. The van der Waals surface area contributed by atoms with Crippen LogP contribution in [0.15, 0.2) is 42.6 Å². The van der Waals surface area contributed by atoms with Gasteiger partial charge in [-0.15, -0.1) is 0 Å². The first-order chi connectivity index (χ1) is 16.3. The highest BCUT2D eigenvalue weighted by atomic mass is 19.4. The highest BCUT2D eigenvalue weighted by molar-refractivity contribution is 5.74. The number of rotatable bonds is 15. The number of carbonyl (C=O) groups is 1. The van der Waals surface area contributed by atoms with E-state index in [0.29, 0.717) is 18.1 Å². The number of unbranched alkanes of at least 4 members (excludes halogenated alkanes) is 8. The van der Waals surface area contributed by atoms with Crippen LogP contribution >= 0.6 is 0 Å². The molecule has 0 N–H and O–H groups in total. The maximum absolute atomic E-state index is 12.6. The van der Waals surface area contributed by atoms with Gasteiger partial charge >= 0.3 is 12.1 Å². The molecule has 0 saturated carbocycles. The van der Waals surface area contributed by atoms with E-state index < -0.39 is 23.8 Å². The number of esters is 1. The third-order valence-corrected chi connectivity index (χ3v) is 5.25. The van der Waals surface area contributed by atoms with E-state index in [1.807, 2.05) is 0 Å². The number of carbonyl (C=O) groups excluding carboxylic acids is 1. The zero-order valence-electron chi connectivity index (χ0n) is 19.9. The van der Waals surface area contributed by atoms with Gasteiger partial charge < -0.3 is 14.2 Å². The Morgan fingerprint density at radius 2 is 1.47 bits per heavy atom.